The van der Waals surface area contributed by atoms with Crippen LogP contribution >= 0.6 is 27.5 Å². The van der Waals surface area contributed by atoms with E-state index in [1.165, 1.54) is 0 Å². The normalized spacial score (nSPS) is 10.4. The van der Waals surface area contributed by atoms with Crippen LogP contribution in [0, 0.1) is 6.92 Å². The van der Waals surface area contributed by atoms with Crippen molar-refractivity contribution in [3.8, 4) is 0 Å². The van der Waals surface area contributed by atoms with Crippen LogP contribution in [-0.2, 0) is 0 Å². The van der Waals surface area contributed by atoms with Crippen LogP contribution in [-0.4, -0.2) is 15.2 Å². The van der Waals surface area contributed by atoms with E-state index >= 15 is 0 Å². The van der Waals surface area contributed by atoms with Gasteiger partial charge < -0.3 is 10.6 Å². The molecule has 0 atom stereocenters. The molecule has 23 heavy (non-hydrogen) atoms. The zero-order valence-corrected chi connectivity index (χ0v) is 14.6. The maximum Gasteiger partial charge on any atom is 0.249 e. The standard InChI is InChI=1S/C16H13BrClN5/c1-10-7-11(17)5-6-14(10)21-16-22-15(9-19-23-16)20-13-4-2-3-12(18)8-13/h2-9H,1H3,(H2,20,21,22,23). The number of aryl methyl sites for hydroxylation is 1. The van der Waals surface area contributed by atoms with Gasteiger partial charge in [0.2, 0.25) is 5.95 Å². The van der Waals surface area contributed by atoms with Gasteiger partial charge in [0.1, 0.15) is 0 Å². The van der Waals surface area contributed by atoms with Crippen LogP contribution in [0.25, 0.3) is 0 Å². The lowest BCUT2D eigenvalue weighted by molar-refractivity contribution is 0.981. The van der Waals surface area contributed by atoms with Crippen molar-refractivity contribution in [2.75, 3.05) is 10.6 Å². The minimum Gasteiger partial charge on any atom is -0.339 e. The Hall–Kier alpha value is -2.18. The first-order valence-electron chi connectivity index (χ1n) is 6.86. The summed E-state index contributed by atoms with van der Waals surface area (Å²) >= 11 is 9.42. The van der Waals surface area contributed by atoms with Crippen molar-refractivity contribution < 1.29 is 0 Å². The third kappa shape index (κ3) is 4.18. The van der Waals surface area contributed by atoms with E-state index in [9.17, 15) is 0 Å². The van der Waals surface area contributed by atoms with Crippen molar-refractivity contribution >= 4 is 50.7 Å². The molecule has 0 aliphatic heterocycles. The molecule has 0 aliphatic carbocycles. The van der Waals surface area contributed by atoms with Crippen LogP contribution in [0.5, 0.6) is 0 Å². The van der Waals surface area contributed by atoms with E-state index in [4.69, 9.17) is 11.6 Å². The van der Waals surface area contributed by atoms with Gasteiger partial charge in [0, 0.05) is 20.9 Å². The van der Waals surface area contributed by atoms with Crippen LogP contribution in [0.3, 0.4) is 0 Å². The molecular weight excluding hydrogens is 378 g/mol. The summed E-state index contributed by atoms with van der Waals surface area (Å²) in [5.74, 6) is 1.00. The molecule has 0 spiro atoms. The largest absolute Gasteiger partial charge is 0.339 e. The number of hydrogen-bond acceptors (Lipinski definition) is 5. The monoisotopic (exact) mass is 389 g/mol. The van der Waals surface area contributed by atoms with Crippen molar-refractivity contribution in [3.63, 3.8) is 0 Å². The van der Waals surface area contributed by atoms with Crippen molar-refractivity contribution in [2.24, 2.45) is 0 Å². The Kier molecular flexibility index (Phi) is 4.73. The summed E-state index contributed by atoms with van der Waals surface area (Å²) in [7, 11) is 0. The van der Waals surface area contributed by atoms with Crippen molar-refractivity contribution in [1.82, 2.24) is 15.2 Å². The van der Waals surface area contributed by atoms with Gasteiger partial charge in [0.25, 0.3) is 0 Å². The number of nitrogens with zero attached hydrogens (tertiary/aromatic N) is 3. The van der Waals surface area contributed by atoms with Crippen LogP contribution in [0.1, 0.15) is 5.56 Å². The van der Waals surface area contributed by atoms with Gasteiger partial charge >= 0.3 is 0 Å². The summed E-state index contributed by atoms with van der Waals surface area (Å²) in [6.07, 6.45) is 1.56. The topological polar surface area (TPSA) is 62.7 Å². The third-order valence-corrected chi connectivity index (χ3v) is 3.82. The average Bonchev–Trinajstić information content (AvgIpc) is 2.51. The molecule has 7 heteroatoms. The molecule has 0 saturated carbocycles. The fourth-order valence-corrected chi connectivity index (χ4v) is 2.68. The SMILES string of the molecule is Cc1cc(Br)ccc1Nc1nncc(Nc2cccc(Cl)c2)n1. The van der Waals surface area contributed by atoms with Crippen LogP contribution < -0.4 is 10.6 Å². The van der Waals surface area contributed by atoms with Gasteiger partial charge in [-0.2, -0.15) is 10.1 Å². The highest BCUT2D eigenvalue weighted by atomic mass is 79.9. The Bertz CT molecular complexity index is 840. The van der Waals surface area contributed by atoms with Crippen LogP contribution in [0.4, 0.5) is 23.1 Å². The summed E-state index contributed by atoms with van der Waals surface area (Å²) < 4.78 is 1.02. The van der Waals surface area contributed by atoms with Crippen LogP contribution in [0.2, 0.25) is 5.02 Å². The summed E-state index contributed by atoms with van der Waals surface area (Å²) in [5.41, 5.74) is 2.84. The van der Waals surface area contributed by atoms with E-state index in [2.05, 4.69) is 41.7 Å². The predicted octanol–water partition coefficient (Wildman–Crippen LogP) is 5.08. The zero-order chi connectivity index (χ0) is 16.2. The van der Waals surface area contributed by atoms with Crippen molar-refractivity contribution in [2.45, 2.75) is 6.92 Å². The Balaban J connectivity index is 1.79. The van der Waals surface area contributed by atoms with Gasteiger partial charge in [-0.15, -0.1) is 5.10 Å². The van der Waals surface area contributed by atoms with Gasteiger partial charge in [-0.05, 0) is 48.9 Å². The average molecular weight is 391 g/mol. The Morgan fingerprint density at radius 3 is 2.74 bits per heavy atom. The van der Waals surface area contributed by atoms with E-state index in [1.807, 2.05) is 49.4 Å². The molecule has 1 heterocycles. The number of benzene rings is 2. The first kappa shape index (κ1) is 15.7. The number of rotatable bonds is 4. The highest BCUT2D eigenvalue weighted by Crippen LogP contribution is 2.23. The maximum absolute atomic E-state index is 5.98. The summed E-state index contributed by atoms with van der Waals surface area (Å²) in [4.78, 5) is 4.41. The van der Waals surface area contributed by atoms with E-state index in [0.29, 0.717) is 16.8 Å². The lowest BCUT2D eigenvalue weighted by Gasteiger charge is -2.10. The molecule has 0 unspecified atom stereocenters. The molecule has 116 valence electrons. The van der Waals surface area contributed by atoms with Gasteiger partial charge in [0.05, 0.1) is 6.20 Å². The number of aromatic nitrogens is 3. The molecule has 2 aromatic carbocycles. The molecule has 1 aromatic heterocycles. The first-order valence-corrected chi connectivity index (χ1v) is 8.03. The molecule has 3 aromatic rings. The zero-order valence-electron chi connectivity index (χ0n) is 12.2. The summed E-state index contributed by atoms with van der Waals surface area (Å²) in [5, 5.41) is 14.9. The number of anilines is 4. The second-order valence-corrected chi connectivity index (χ2v) is 6.24. The molecule has 0 bridgehead atoms. The minimum absolute atomic E-state index is 0.419. The minimum atomic E-state index is 0.419. The highest BCUT2D eigenvalue weighted by molar-refractivity contribution is 9.10. The molecule has 0 saturated heterocycles. The van der Waals surface area contributed by atoms with E-state index in [1.54, 1.807) is 6.20 Å². The summed E-state index contributed by atoms with van der Waals surface area (Å²) in [6, 6.07) is 13.3. The molecular formula is C16H13BrClN5. The Morgan fingerprint density at radius 2 is 1.96 bits per heavy atom. The third-order valence-electron chi connectivity index (χ3n) is 3.09. The second kappa shape index (κ2) is 6.93. The van der Waals surface area contributed by atoms with Gasteiger partial charge in [-0.3, -0.25) is 0 Å². The molecule has 5 nitrogen and oxygen atoms in total. The molecule has 2 N–H and O–H groups in total. The fraction of sp³-hybridized carbons (Fsp3) is 0.0625. The van der Waals surface area contributed by atoms with Crippen LogP contribution in [0.15, 0.2) is 53.1 Å². The summed E-state index contributed by atoms with van der Waals surface area (Å²) in [6.45, 7) is 2.01. The highest BCUT2D eigenvalue weighted by Gasteiger charge is 2.05. The lowest BCUT2D eigenvalue weighted by Crippen LogP contribution is -2.03. The van der Waals surface area contributed by atoms with Crippen molar-refractivity contribution in [1.29, 1.82) is 0 Å². The Labute approximate surface area is 147 Å². The van der Waals surface area contributed by atoms with E-state index < -0.39 is 0 Å². The molecule has 0 amide bonds. The smallest absolute Gasteiger partial charge is 0.249 e. The fourth-order valence-electron chi connectivity index (χ4n) is 2.02. The lowest BCUT2D eigenvalue weighted by atomic mass is 10.2. The van der Waals surface area contributed by atoms with Gasteiger partial charge in [-0.1, -0.05) is 33.6 Å². The molecule has 0 radical (unpaired) electrons. The van der Waals surface area contributed by atoms with Crippen molar-refractivity contribution in [3.05, 3.63) is 63.7 Å². The second-order valence-electron chi connectivity index (χ2n) is 4.88. The Morgan fingerprint density at radius 1 is 1.09 bits per heavy atom. The van der Waals surface area contributed by atoms with Gasteiger partial charge in [0.15, 0.2) is 5.82 Å². The number of nitrogens with one attached hydrogen (secondary N) is 2. The first-order chi connectivity index (χ1) is 11.1. The quantitative estimate of drug-likeness (QED) is 0.650. The molecule has 0 aliphatic rings. The molecule has 0 fully saturated rings. The number of halogens is 2. The molecule has 3 rings (SSSR count). The number of hydrogen-bond donors (Lipinski definition) is 2. The van der Waals surface area contributed by atoms with Gasteiger partial charge in [-0.25, -0.2) is 0 Å². The van der Waals surface area contributed by atoms with E-state index in [-0.39, 0.29) is 0 Å². The van der Waals surface area contributed by atoms with E-state index in [0.717, 1.165) is 21.4 Å². The predicted molar refractivity (Wildman–Crippen MR) is 96.7 cm³/mol. The maximum atomic E-state index is 5.98.